The van der Waals surface area contributed by atoms with Crippen LogP contribution in [-0.2, 0) is 11.3 Å². The molecular weight excluding hydrogens is 262 g/mol. The molecule has 1 saturated carbocycles. The average molecular weight is 291 g/mol. The summed E-state index contributed by atoms with van der Waals surface area (Å²) in [5.74, 6) is 0.849. The minimum atomic E-state index is 0.331. The number of likely N-dealkylation sites (N-methyl/N-ethyl adjacent to an activating group) is 1. The Morgan fingerprint density at radius 1 is 1.38 bits per heavy atom. The predicted octanol–water partition coefficient (Wildman–Crippen LogP) is 2.27. The van der Waals surface area contributed by atoms with E-state index in [-0.39, 0.29) is 0 Å². The van der Waals surface area contributed by atoms with E-state index in [1.54, 1.807) is 0 Å². The van der Waals surface area contributed by atoms with Gasteiger partial charge < -0.3 is 14.6 Å². The first-order valence-corrected chi connectivity index (χ1v) is 8.53. The van der Waals surface area contributed by atoms with Crippen LogP contribution >= 0.6 is 0 Å². The van der Waals surface area contributed by atoms with Crippen molar-refractivity contribution in [1.82, 2.24) is 14.8 Å². The van der Waals surface area contributed by atoms with E-state index in [4.69, 9.17) is 4.74 Å². The highest BCUT2D eigenvalue weighted by atomic mass is 16.5. The molecule has 0 amide bonds. The number of nitrogens with one attached hydrogen (secondary N) is 1. The molecule has 0 aromatic carbocycles. The molecule has 1 saturated heterocycles. The van der Waals surface area contributed by atoms with Crippen LogP contribution in [0.1, 0.15) is 38.3 Å². The van der Waals surface area contributed by atoms with Gasteiger partial charge >= 0.3 is 0 Å². The van der Waals surface area contributed by atoms with Crippen LogP contribution in [0.3, 0.4) is 0 Å². The van der Waals surface area contributed by atoms with E-state index in [0.29, 0.717) is 12.1 Å². The first-order chi connectivity index (χ1) is 10.3. The Morgan fingerprint density at radius 3 is 2.95 bits per heavy atom. The van der Waals surface area contributed by atoms with Crippen LogP contribution in [0.5, 0.6) is 0 Å². The van der Waals surface area contributed by atoms with Crippen LogP contribution in [0.4, 0.5) is 0 Å². The van der Waals surface area contributed by atoms with E-state index < -0.39 is 0 Å². The van der Waals surface area contributed by atoms with Crippen molar-refractivity contribution >= 4 is 0 Å². The maximum Gasteiger partial charge on any atom is 0.0880 e. The monoisotopic (exact) mass is 291 g/mol. The number of aromatic nitrogens is 1. The quantitative estimate of drug-likeness (QED) is 0.836. The van der Waals surface area contributed by atoms with Crippen molar-refractivity contribution in [1.29, 1.82) is 0 Å². The van der Waals surface area contributed by atoms with Crippen molar-refractivity contribution in [2.24, 2.45) is 5.92 Å². The van der Waals surface area contributed by atoms with Crippen molar-refractivity contribution in [3.05, 3.63) is 24.0 Å². The number of hydrogen-bond acceptors (Lipinski definition) is 3. The van der Waals surface area contributed by atoms with Crippen LogP contribution in [0, 0.1) is 5.92 Å². The molecule has 21 heavy (non-hydrogen) atoms. The Balaban J connectivity index is 1.59. The molecule has 2 fully saturated rings. The zero-order chi connectivity index (χ0) is 14.7. The summed E-state index contributed by atoms with van der Waals surface area (Å²) >= 11 is 0. The van der Waals surface area contributed by atoms with Gasteiger partial charge in [0.1, 0.15) is 0 Å². The largest absolute Gasteiger partial charge is 0.374 e. The Labute approximate surface area is 128 Å². The molecule has 4 nitrogen and oxygen atoms in total. The van der Waals surface area contributed by atoms with Gasteiger partial charge in [-0.1, -0.05) is 13.8 Å². The molecule has 1 aliphatic heterocycles. The molecular formula is C17H29N3O. The van der Waals surface area contributed by atoms with Crippen molar-refractivity contribution < 1.29 is 4.74 Å². The van der Waals surface area contributed by atoms with Crippen LogP contribution in [0.2, 0.25) is 0 Å². The molecule has 1 aromatic rings. The van der Waals surface area contributed by atoms with Crippen molar-refractivity contribution in [3.8, 4) is 0 Å². The molecule has 2 atom stereocenters. The second-order valence-electron chi connectivity index (χ2n) is 6.40. The van der Waals surface area contributed by atoms with Crippen LogP contribution in [0.15, 0.2) is 18.5 Å². The van der Waals surface area contributed by atoms with Gasteiger partial charge in [-0.3, -0.25) is 4.90 Å². The summed E-state index contributed by atoms with van der Waals surface area (Å²) in [6, 6.07) is 2.84. The maximum atomic E-state index is 5.91. The van der Waals surface area contributed by atoms with Gasteiger partial charge in [0, 0.05) is 38.1 Å². The average Bonchev–Trinajstić information content (AvgIpc) is 3.25. The molecule has 0 radical (unpaired) electrons. The predicted molar refractivity (Wildman–Crippen MR) is 85.4 cm³/mol. The fourth-order valence-corrected chi connectivity index (χ4v) is 3.38. The van der Waals surface area contributed by atoms with E-state index in [9.17, 15) is 0 Å². The van der Waals surface area contributed by atoms with Gasteiger partial charge in [0.2, 0.25) is 0 Å². The number of hydrogen-bond donors (Lipinski definition) is 1. The van der Waals surface area contributed by atoms with E-state index >= 15 is 0 Å². The third kappa shape index (κ3) is 3.87. The molecule has 2 unspecified atom stereocenters. The van der Waals surface area contributed by atoms with Crippen LogP contribution < -0.4 is 5.32 Å². The minimum absolute atomic E-state index is 0.331. The van der Waals surface area contributed by atoms with Crippen molar-refractivity contribution in [2.75, 3.05) is 32.8 Å². The van der Waals surface area contributed by atoms with Gasteiger partial charge in [0.15, 0.2) is 0 Å². The molecule has 4 heteroatoms. The topological polar surface area (TPSA) is 29.4 Å². The summed E-state index contributed by atoms with van der Waals surface area (Å²) in [7, 11) is 0. The maximum absolute atomic E-state index is 5.91. The van der Waals surface area contributed by atoms with Crippen molar-refractivity contribution in [2.45, 2.75) is 45.4 Å². The number of ether oxygens (including phenoxy) is 1. The second-order valence-corrected chi connectivity index (χ2v) is 6.40. The summed E-state index contributed by atoms with van der Waals surface area (Å²) in [5, 5.41) is 3.64. The smallest absolute Gasteiger partial charge is 0.0880 e. The summed E-state index contributed by atoms with van der Waals surface area (Å²) in [4.78, 5) is 2.48. The summed E-state index contributed by atoms with van der Waals surface area (Å²) in [5.41, 5.74) is 1.45. The Kier molecular flexibility index (Phi) is 4.99. The molecule has 0 spiro atoms. The SMILES string of the molecule is CCNC(c1ccn(CC2CN(CC)CCO2)c1)C1CC1. The summed E-state index contributed by atoms with van der Waals surface area (Å²) < 4.78 is 8.22. The fourth-order valence-electron chi connectivity index (χ4n) is 3.38. The zero-order valence-electron chi connectivity index (χ0n) is 13.4. The Bertz CT molecular complexity index is 441. The van der Waals surface area contributed by atoms with E-state index in [1.807, 2.05) is 0 Å². The van der Waals surface area contributed by atoms with Gasteiger partial charge in [0.05, 0.1) is 12.7 Å². The molecule has 1 aliphatic carbocycles. The highest BCUT2D eigenvalue weighted by Gasteiger charge is 2.32. The Hall–Kier alpha value is -0.840. The molecule has 1 aromatic heterocycles. The summed E-state index contributed by atoms with van der Waals surface area (Å²) in [6.07, 6.45) is 7.62. The normalized spacial score (nSPS) is 25.1. The van der Waals surface area contributed by atoms with Gasteiger partial charge in [-0.25, -0.2) is 0 Å². The van der Waals surface area contributed by atoms with Gasteiger partial charge in [-0.05, 0) is 43.5 Å². The van der Waals surface area contributed by atoms with Gasteiger partial charge in [-0.2, -0.15) is 0 Å². The highest BCUT2D eigenvalue weighted by Crippen LogP contribution is 2.41. The van der Waals surface area contributed by atoms with Crippen LogP contribution in [0.25, 0.3) is 0 Å². The molecule has 2 heterocycles. The van der Waals surface area contributed by atoms with Gasteiger partial charge in [-0.15, -0.1) is 0 Å². The molecule has 1 N–H and O–H groups in total. The first-order valence-electron chi connectivity index (χ1n) is 8.53. The lowest BCUT2D eigenvalue weighted by molar-refractivity contribution is -0.0342. The lowest BCUT2D eigenvalue weighted by atomic mass is 10.1. The third-order valence-electron chi connectivity index (χ3n) is 4.73. The van der Waals surface area contributed by atoms with E-state index in [1.165, 1.54) is 18.4 Å². The Morgan fingerprint density at radius 2 is 2.24 bits per heavy atom. The number of nitrogens with zero attached hydrogens (tertiary/aromatic N) is 2. The summed E-state index contributed by atoms with van der Waals surface area (Å²) in [6.45, 7) is 10.6. The number of rotatable bonds is 7. The zero-order valence-corrected chi connectivity index (χ0v) is 13.4. The van der Waals surface area contributed by atoms with E-state index in [0.717, 1.165) is 45.2 Å². The van der Waals surface area contributed by atoms with E-state index in [2.05, 4.69) is 47.1 Å². The first kappa shape index (κ1) is 15.1. The minimum Gasteiger partial charge on any atom is -0.374 e. The van der Waals surface area contributed by atoms with Gasteiger partial charge in [0.25, 0.3) is 0 Å². The molecule has 118 valence electrons. The standard InChI is InChI=1S/C17H29N3O/c1-3-18-17(14-5-6-14)15-7-8-20(11-15)13-16-12-19(4-2)9-10-21-16/h7-8,11,14,16-18H,3-6,9-10,12-13H2,1-2H3. The third-order valence-corrected chi connectivity index (χ3v) is 4.73. The molecule has 2 aliphatic rings. The van der Waals surface area contributed by atoms with Crippen LogP contribution in [-0.4, -0.2) is 48.4 Å². The molecule has 3 rings (SSSR count). The lowest BCUT2D eigenvalue weighted by Gasteiger charge is -2.32. The highest BCUT2D eigenvalue weighted by molar-refractivity contribution is 5.18. The second kappa shape index (κ2) is 6.95. The molecule has 0 bridgehead atoms. The fraction of sp³-hybridized carbons (Fsp3) is 0.765. The number of morpholine rings is 1. The van der Waals surface area contributed by atoms with Crippen molar-refractivity contribution in [3.63, 3.8) is 0 Å². The lowest BCUT2D eigenvalue weighted by Crippen LogP contribution is -2.43.